The lowest BCUT2D eigenvalue weighted by molar-refractivity contribution is 0.0923. The summed E-state index contributed by atoms with van der Waals surface area (Å²) in [6.07, 6.45) is 1.92. The van der Waals surface area contributed by atoms with Crippen molar-refractivity contribution in [3.63, 3.8) is 0 Å². The molecule has 0 aliphatic carbocycles. The van der Waals surface area contributed by atoms with Gasteiger partial charge in [0.1, 0.15) is 0 Å². The van der Waals surface area contributed by atoms with Crippen molar-refractivity contribution >= 4 is 17.2 Å². The first kappa shape index (κ1) is 13.4. The van der Waals surface area contributed by atoms with Gasteiger partial charge in [0.15, 0.2) is 5.76 Å². The molecular formula is C14H13NO3S. The van der Waals surface area contributed by atoms with Gasteiger partial charge in [0, 0.05) is 16.9 Å². The standard InChI is InChI=1S/C14H13NO3S/c16-7-2-1-4-11-6-9-19-13(11)10-15-14(17)12-5-3-8-18-12/h3,5-6,8-9,16H,2,7,10H2,(H,15,17). The van der Waals surface area contributed by atoms with Gasteiger partial charge in [0.2, 0.25) is 0 Å². The van der Waals surface area contributed by atoms with Crippen LogP contribution in [-0.2, 0) is 6.54 Å². The molecule has 2 heterocycles. The lowest BCUT2D eigenvalue weighted by atomic mass is 10.2. The van der Waals surface area contributed by atoms with Gasteiger partial charge in [-0.1, -0.05) is 11.8 Å². The van der Waals surface area contributed by atoms with Gasteiger partial charge in [-0.25, -0.2) is 0 Å². The van der Waals surface area contributed by atoms with E-state index in [0.29, 0.717) is 18.7 Å². The van der Waals surface area contributed by atoms with Crippen molar-refractivity contribution in [3.05, 3.63) is 46.0 Å². The minimum absolute atomic E-state index is 0.0572. The van der Waals surface area contributed by atoms with Gasteiger partial charge >= 0.3 is 0 Å². The second-order valence-electron chi connectivity index (χ2n) is 3.69. The van der Waals surface area contributed by atoms with Crippen LogP contribution in [0.5, 0.6) is 0 Å². The Morgan fingerprint density at radius 2 is 2.37 bits per heavy atom. The summed E-state index contributed by atoms with van der Waals surface area (Å²) in [6.45, 7) is 0.474. The van der Waals surface area contributed by atoms with E-state index < -0.39 is 0 Å². The Morgan fingerprint density at radius 3 is 3.11 bits per heavy atom. The molecule has 2 rings (SSSR count). The number of amides is 1. The van der Waals surface area contributed by atoms with Crippen LogP contribution in [0, 0.1) is 11.8 Å². The number of aliphatic hydroxyl groups is 1. The van der Waals surface area contributed by atoms with Gasteiger partial charge in [0.25, 0.3) is 5.91 Å². The molecule has 0 saturated carbocycles. The number of aliphatic hydroxyl groups excluding tert-OH is 1. The van der Waals surface area contributed by atoms with E-state index in [4.69, 9.17) is 9.52 Å². The lowest BCUT2D eigenvalue weighted by Crippen LogP contribution is -2.22. The van der Waals surface area contributed by atoms with E-state index in [9.17, 15) is 4.79 Å². The van der Waals surface area contributed by atoms with E-state index in [-0.39, 0.29) is 12.5 Å². The number of hydrogen-bond acceptors (Lipinski definition) is 4. The highest BCUT2D eigenvalue weighted by Gasteiger charge is 2.09. The third-order valence-electron chi connectivity index (χ3n) is 2.36. The van der Waals surface area contributed by atoms with Crippen LogP contribution in [0.3, 0.4) is 0 Å². The number of carbonyl (C=O) groups excluding carboxylic acids is 1. The number of furan rings is 1. The van der Waals surface area contributed by atoms with E-state index in [2.05, 4.69) is 17.2 Å². The molecule has 1 amide bonds. The van der Waals surface area contributed by atoms with Gasteiger partial charge in [-0.15, -0.1) is 11.3 Å². The molecule has 0 aliphatic rings. The molecule has 19 heavy (non-hydrogen) atoms. The van der Waals surface area contributed by atoms with Gasteiger partial charge in [-0.2, -0.15) is 0 Å². The molecule has 0 unspecified atom stereocenters. The molecule has 0 spiro atoms. The largest absolute Gasteiger partial charge is 0.459 e. The summed E-state index contributed by atoms with van der Waals surface area (Å²) in [5.74, 6) is 5.90. The molecule has 2 N–H and O–H groups in total. The van der Waals surface area contributed by atoms with Crippen LogP contribution in [0.1, 0.15) is 27.4 Å². The van der Waals surface area contributed by atoms with Crippen LogP contribution in [0.4, 0.5) is 0 Å². The maximum absolute atomic E-state index is 11.7. The zero-order valence-electron chi connectivity index (χ0n) is 10.2. The molecule has 2 aromatic rings. The summed E-state index contributed by atoms with van der Waals surface area (Å²) in [5.41, 5.74) is 0.887. The van der Waals surface area contributed by atoms with Crippen LogP contribution in [0.2, 0.25) is 0 Å². The van der Waals surface area contributed by atoms with Crippen molar-refractivity contribution in [2.75, 3.05) is 6.61 Å². The predicted molar refractivity (Wildman–Crippen MR) is 72.8 cm³/mol. The summed E-state index contributed by atoms with van der Waals surface area (Å²) >= 11 is 1.54. The van der Waals surface area contributed by atoms with Gasteiger partial charge < -0.3 is 14.8 Å². The molecule has 0 fully saturated rings. The van der Waals surface area contributed by atoms with Crippen molar-refractivity contribution in [1.82, 2.24) is 5.32 Å². The quantitative estimate of drug-likeness (QED) is 0.839. The molecule has 5 heteroatoms. The Morgan fingerprint density at radius 1 is 1.47 bits per heavy atom. The molecule has 2 aromatic heterocycles. The first-order valence-electron chi connectivity index (χ1n) is 5.79. The predicted octanol–water partition coefficient (Wildman–Crippen LogP) is 2.00. The Balaban J connectivity index is 1.95. The summed E-state index contributed by atoms with van der Waals surface area (Å²) in [6, 6.07) is 5.20. The first-order chi connectivity index (χ1) is 9.31. The van der Waals surface area contributed by atoms with Crippen LogP contribution < -0.4 is 5.32 Å². The van der Waals surface area contributed by atoms with Gasteiger partial charge in [0.05, 0.1) is 19.4 Å². The van der Waals surface area contributed by atoms with E-state index in [1.165, 1.54) is 17.6 Å². The molecule has 0 radical (unpaired) electrons. The Kier molecular flexibility index (Phi) is 4.78. The molecule has 0 bridgehead atoms. The summed E-state index contributed by atoms with van der Waals surface area (Å²) in [7, 11) is 0. The van der Waals surface area contributed by atoms with E-state index >= 15 is 0 Å². The normalized spacial score (nSPS) is 9.74. The number of rotatable bonds is 4. The SMILES string of the molecule is O=C(NCc1sccc1C#CCCO)c1ccco1. The van der Waals surface area contributed by atoms with Crippen LogP contribution in [-0.4, -0.2) is 17.6 Å². The zero-order valence-corrected chi connectivity index (χ0v) is 11.0. The molecule has 0 aromatic carbocycles. The first-order valence-corrected chi connectivity index (χ1v) is 6.67. The van der Waals surface area contributed by atoms with Crippen molar-refractivity contribution in [2.24, 2.45) is 0 Å². The molecular weight excluding hydrogens is 262 g/mol. The average Bonchev–Trinajstić information content (AvgIpc) is 3.08. The topological polar surface area (TPSA) is 62.5 Å². The maximum atomic E-state index is 11.7. The highest BCUT2D eigenvalue weighted by molar-refractivity contribution is 7.10. The van der Waals surface area contributed by atoms with Gasteiger partial charge in [-0.3, -0.25) is 4.79 Å². The molecule has 0 aliphatic heterocycles. The fraction of sp³-hybridized carbons (Fsp3) is 0.214. The second kappa shape index (κ2) is 6.78. The van der Waals surface area contributed by atoms with Crippen molar-refractivity contribution in [1.29, 1.82) is 0 Å². The molecule has 4 nitrogen and oxygen atoms in total. The third kappa shape index (κ3) is 3.71. The van der Waals surface area contributed by atoms with E-state index in [1.807, 2.05) is 11.4 Å². The Bertz CT molecular complexity index is 590. The zero-order chi connectivity index (χ0) is 13.5. The molecule has 0 atom stereocenters. The Hall–Kier alpha value is -2.03. The van der Waals surface area contributed by atoms with Crippen molar-refractivity contribution in [3.8, 4) is 11.8 Å². The van der Waals surface area contributed by atoms with Gasteiger partial charge in [-0.05, 0) is 23.6 Å². The fourth-order valence-corrected chi connectivity index (χ4v) is 2.23. The maximum Gasteiger partial charge on any atom is 0.287 e. The van der Waals surface area contributed by atoms with E-state index in [0.717, 1.165) is 10.4 Å². The highest BCUT2D eigenvalue weighted by Crippen LogP contribution is 2.15. The number of nitrogens with one attached hydrogen (secondary N) is 1. The highest BCUT2D eigenvalue weighted by atomic mass is 32.1. The number of carbonyl (C=O) groups is 1. The summed E-state index contributed by atoms with van der Waals surface area (Å²) in [4.78, 5) is 12.7. The molecule has 98 valence electrons. The van der Waals surface area contributed by atoms with Crippen molar-refractivity contribution < 1.29 is 14.3 Å². The van der Waals surface area contributed by atoms with E-state index in [1.54, 1.807) is 12.1 Å². The molecule has 0 saturated heterocycles. The Labute approximate surface area is 115 Å². The number of thiophene rings is 1. The lowest BCUT2D eigenvalue weighted by Gasteiger charge is -2.01. The van der Waals surface area contributed by atoms with Crippen molar-refractivity contribution in [2.45, 2.75) is 13.0 Å². The van der Waals surface area contributed by atoms with Crippen LogP contribution in [0.15, 0.2) is 34.3 Å². The summed E-state index contributed by atoms with van der Waals surface area (Å²) in [5, 5.41) is 13.4. The monoisotopic (exact) mass is 275 g/mol. The van der Waals surface area contributed by atoms with Crippen LogP contribution in [0.25, 0.3) is 0 Å². The smallest absolute Gasteiger partial charge is 0.287 e. The number of hydrogen-bond donors (Lipinski definition) is 2. The third-order valence-corrected chi connectivity index (χ3v) is 3.28. The minimum atomic E-state index is -0.243. The second-order valence-corrected chi connectivity index (χ2v) is 4.69. The minimum Gasteiger partial charge on any atom is -0.459 e. The average molecular weight is 275 g/mol. The van der Waals surface area contributed by atoms with Crippen LogP contribution >= 0.6 is 11.3 Å². The summed E-state index contributed by atoms with van der Waals surface area (Å²) < 4.78 is 5.01. The fourth-order valence-electron chi connectivity index (χ4n) is 1.46.